The van der Waals surface area contributed by atoms with Crippen molar-refractivity contribution in [3.05, 3.63) is 12.2 Å². The topological polar surface area (TPSA) is 32.3 Å². The second-order valence-corrected chi connectivity index (χ2v) is 2.28. The lowest BCUT2D eigenvalue weighted by Crippen LogP contribution is -2.07. The van der Waals surface area contributed by atoms with E-state index in [1.54, 1.807) is 0 Å². The Bertz CT molecular complexity index is 81.3. The summed E-state index contributed by atoms with van der Waals surface area (Å²) < 4.78 is 0. The molecule has 0 bridgehead atoms. The average molecular weight is 143 g/mol. The van der Waals surface area contributed by atoms with E-state index in [0.29, 0.717) is 6.54 Å². The second kappa shape index (κ2) is 8.66. The van der Waals surface area contributed by atoms with Gasteiger partial charge in [-0.25, -0.2) is 5.48 Å². The fourth-order valence-electron chi connectivity index (χ4n) is 0.751. The quantitative estimate of drug-likeness (QED) is 0.339. The summed E-state index contributed by atoms with van der Waals surface area (Å²) in [5.74, 6) is 0. The third-order valence-corrected chi connectivity index (χ3v) is 1.31. The molecule has 0 aromatic rings. The van der Waals surface area contributed by atoms with Crippen LogP contribution in [-0.4, -0.2) is 11.8 Å². The predicted molar refractivity (Wildman–Crippen MR) is 43.1 cm³/mol. The second-order valence-electron chi connectivity index (χ2n) is 2.28. The molecule has 0 atom stereocenters. The minimum absolute atomic E-state index is 0.708. The van der Waals surface area contributed by atoms with Crippen LogP contribution in [-0.2, 0) is 0 Å². The van der Waals surface area contributed by atoms with E-state index < -0.39 is 0 Å². The highest BCUT2D eigenvalue weighted by Crippen LogP contribution is 1.95. The van der Waals surface area contributed by atoms with Gasteiger partial charge in [-0.05, 0) is 25.7 Å². The Labute approximate surface area is 62.9 Å². The first kappa shape index (κ1) is 9.66. The van der Waals surface area contributed by atoms with E-state index in [4.69, 9.17) is 5.21 Å². The largest absolute Gasteiger partial charge is 0.317 e. The Balaban J connectivity index is 2.83. The molecule has 10 heavy (non-hydrogen) atoms. The first-order chi connectivity index (χ1) is 4.91. The van der Waals surface area contributed by atoms with Crippen LogP contribution >= 0.6 is 0 Å². The van der Waals surface area contributed by atoms with Gasteiger partial charge in [-0.2, -0.15) is 0 Å². The van der Waals surface area contributed by atoms with Crippen LogP contribution in [0.5, 0.6) is 0 Å². The van der Waals surface area contributed by atoms with Crippen LogP contribution in [0.4, 0.5) is 0 Å². The Morgan fingerprint density at radius 2 is 2.10 bits per heavy atom. The minimum Gasteiger partial charge on any atom is -0.317 e. The molecule has 0 aromatic heterocycles. The average Bonchev–Trinajstić information content (AvgIpc) is 1.97. The summed E-state index contributed by atoms with van der Waals surface area (Å²) in [6.45, 7) is 2.84. The summed E-state index contributed by atoms with van der Waals surface area (Å²) in [7, 11) is 0. The molecular weight excluding hydrogens is 126 g/mol. The molecule has 2 nitrogen and oxygen atoms in total. The van der Waals surface area contributed by atoms with Gasteiger partial charge in [0.25, 0.3) is 0 Å². The van der Waals surface area contributed by atoms with Gasteiger partial charge < -0.3 is 5.21 Å². The minimum atomic E-state index is 0.708. The van der Waals surface area contributed by atoms with Gasteiger partial charge in [-0.1, -0.05) is 19.1 Å². The number of hydrogen-bond acceptors (Lipinski definition) is 2. The molecule has 0 aliphatic carbocycles. The molecule has 0 aliphatic rings. The molecule has 2 N–H and O–H groups in total. The molecule has 0 amide bonds. The monoisotopic (exact) mass is 143 g/mol. The van der Waals surface area contributed by atoms with Gasteiger partial charge in [-0.3, -0.25) is 0 Å². The fraction of sp³-hybridized carbons (Fsp3) is 0.750. The summed E-state index contributed by atoms with van der Waals surface area (Å²) in [6.07, 6.45) is 8.83. The highest BCUT2D eigenvalue weighted by molar-refractivity contribution is 4.79. The van der Waals surface area contributed by atoms with Gasteiger partial charge in [0.05, 0.1) is 0 Å². The maximum absolute atomic E-state index is 8.20. The van der Waals surface area contributed by atoms with E-state index >= 15 is 0 Å². The van der Waals surface area contributed by atoms with Gasteiger partial charge in [0.1, 0.15) is 0 Å². The SMILES string of the molecule is CC/C=C\CCCCNO. The van der Waals surface area contributed by atoms with Crippen LogP contribution < -0.4 is 5.48 Å². The molecule has 0 saturated carbocycles. The maximum atomic E-state index is 8.20. The zero-order chi connectivity index (χ0) is 7.66. The maximum Gasteiger partial charge on any atom is 0.0207 e. The van der Waals surface area contributed by atoms with Crippen LogP contribution in [0.25, 0.3) is 0 Å². The fourth-order valence-corrected chi connectivity index (χ4v) is 0.751. The number of unbranched alkanes of at least 4 members (excludes halogenated alkanes) is 2. The highest BCUT2D eigenvalue weighted by Gasteiger charge is 1.82. The summed E-state index contributed by atoms with van der Waals surface area (Å²) in [5, 5.41) is 8.20. The van der Waals surface area contributed by atoms with Gasteiger partial charge in [0.2, 0.25) is 0 Å². The lowest BCUT2D eigenvalue weighted by atomic mass is 10.2. The molecule has 60 valence electrons. The normalized spacial score (nSPS) is 11.0. The Morgan fingerprint density at radius 1 is 1.30 bits per heavy atom. The van der Waals surface area contributed by atoms with E-state index in [0.717, 1.165) is 25.7 Å². The molecule has 0 unspecified atom stereocenters. The standard InChI is InChI=1S/C8H17NO/c1-2-3-4-5-6-7-8-9-10/h3-4,9-10H,2,5-8H2,1H3/b4-3-. The van der Waals surface area contributed by atoms with Crippen molar-refractivity contribution >= 4 is 0 Å². The van der Waals surface area contributed by atoms with E-state index in [1.807, 2.05) is 0 Å². The highest BCUT2D eigenvalue weighted by atomic mass is 16.5. The smallest absolute Gasteiger partial charge is 0.0207 e. The summed E-state index contributed by atoms with van der Waals surface area (Å²) in [6, 6.07) is 0. The molecular formula is C8H17NO. The molecule has 0 heterocycles. The third-order valence-electron chi connectivity index (χ3n) is 1.31. The van der Waals surface area contributed by atoms with E-state index in [2.05, 4.69) is 24.6 Å². The Hall–Kier alpha value is -0.340. The summed E-state index contributed by atoms with van der Waals surface area (Å²) in [4.78, 5) is 0. The van der Waals surface area contributed by atoms with Crippen molar-refractivity contribution in [2.75, 3.05) is 6.54 Å². The van der Waals surface area contributed by atoms with Crippen LogP contribution in [0.1, 0.15) is 32.6 Å². The third kappa shape index (κ3) is 7.66. The van der Waals surface area contributed by atoms with Gasteiger partial charge >= 0.3 is 0 Å². The molecule has 0 aliphatic heterocycles. The van der Waals surface area contributed by atoms with Gasteiger partial charge in [0.15, 0.2) is 0 Å². The molecule has 0 spiro atoms. The van der Waals surface area contributed by atoms with E-state index in [1.165, 1.54) is 0 Å². The van der Waals surface area contributed by atoms with E-state index in [9.17, 15) is 0 Å². The van der Waals surface area contributed by atoms with Gasteiger partial charge in [0, 0.05) is 6.54 Å². The van der Waals surface area contributed by atoms with Crippen LogP contribution in [0.3, 0.4) is 0 Å². The van der Waals surface area contributed by atoms with Crippen LogP contribution in [0, 0.1) is 0 Å². The van der Waals surface area contributed by atoms with Crippen LogP contribution in [0.2, 0.25) is 0 Å². The first-order valence-electron chi connectivity index (χ1n) is 3.93. The Morgan fingerprint density at radius 3 is 2.70 bits per heavy atom. The summed E-state index contributed by atoms with van der Waals surface area (Å²) in [5.41, 5.74) is 2.13. The summed E-state index contributed by atoms with van der Waals surface area (Å²) >= 11 is 0. The van der Waals surface area contributed by atoms with E-state index in [-0.39, 0.29) is 0 Å². The van der Waals surface area contributed by atoms with Crippen molar-refractivity contribution in [3.63, 3.8) is 0 Å². The van der Waals surface area contributed by atoms with Crippen molar-refractivity contribution in [2.45, 2.75) is 32.6 Å². The van der Waals surface area contributed by atoms with Crippen molar-refractivity contribution in [1.29, 1.82) is 0 Å². The van der Waals surface area contributed by atoms with Gasteiger partial charge in [-0.15, -0.1) is 0 Å². The molecule has 0 radical (unpaired) electrons. The lowest BCUT2D eigenvalue weighted by Gasteiger charge is -1.94. The molecule has 0 fully saturated rings. The number of hydroxylamine groups is 1. The predicted octanol–water partition coefficient (Wildman–Crippen LogP) is 2.10. The van der Waals surface area contributed by atoms with Crippen molar-refractivity contribution in [1.82, 2.24) is 5.48 Å². The number of rotatable bonds is 6. The zero-order valence-corrected chi connectivity index (χ0v) is 6.64. The Kier molecular flexibility index (Phi) is 8.37. The zero-order valence-electron chi connectivity index (χ0n) is 6.64. The molecule has 0 saturated heterocycles. The number of nitrogens with one attached hydrogen (secondary N) is 1. The number of allylic oxidation sites excluding steroid dienone is 2. The van der Waals surface area contributed by atoms with Crippen LogP contribution in [0.15, 0.2) is 12.2 Å². The first-order valence-corrected chi connectivity index (χ1v) is 3.93. The van der Waals surface area contributed by atoms with Crippen molar-refractivity contribution in [3.8, 4) is 0 Å². The molecule has 0 aromatic carbocycles. The number of hydrogen-bond donors (Lipinski definition) is 2. The molecule has 0 rings (SSSR count). The molecule has 2 heteroatoms. The van der Waals surface area contributed by atoms with Crippen molar-refractivity contribution in [2.24, 2.45) is 0 Å². The van der Waals surface area contributed by atoms with Crippen molar-refractivity contribution < 1.29 is 5.21 Å². The lowest BCUT2D eigenvalue weighted by molar-refractivity contribution is 0.165.